The first-order valence-electron chi connectivity index (χ1n) is 7.89. The van der Waals surface area contributed by atoms with Gasteiger partial charge in [-0.2, -0.15) is 0 Å². The fourth-order valence-electron chi connectivity index (χ4n) is 3.18. The second-order valence-electron chi connectivity index (χ2n) is 6.07. The summed E-state index contributed by atoms with van der Waals surface area (Å²) in [5, 5.41) is 0. The maximum absolute atomic E-state index is 12.5. The smallest absolute Gasteiger partial charge is 0.415 e. The Balaban J connectivity index is 1.72. The van der Waals surface area contributed by atoms with E-state index in [1.807, 2.05) is 44.2 Å². The molecule has 0 aromatic heterocycles. The van der Waals surface area contributed by atoms with Gasteiger partial charge in [-0.15, -0.1) is 0 Å². The number of rotatable bonds is 5. The summed E-state index contributed by atoms with van der Waals surface area (Å²) < 4.78 is 5.16. The van der Waals surface area contributed by atoms with Gasteiger partial charge in [-0.25, -0.2) is 9.69 Å². The van der Waals surface area contributed by atoms with E-state index in [2.05, 4.69) is 0 Å². The Labute approximate surface area is 135 Å². The van der Waals surface area contributed by atoms with Crippen LogP contribution in [0.2, 0.25) is 0 Å². The van der Waals surface area contributed by atoms with E-state index in [0.29, 0.717) is 6.54 Å². The summed E-state index contributed by atoms with van der Waals surface area (Å²) in [6, 6.07) is 9.22. The Kier molecular flexibility index (Phi) is 3.83. The molecule has 1 unspecified atom stereocenters. The van der Waals surface area contributed by atoms with Gasteiger partial charge in [0.15, 0.2) is 0 Å². The van der Waals surface area contributed by atoms with E-state index in [9.17, 15) is 14.4 Å². The molecule has 2 saturated heterocycles. The largest absolute Gasteiger partial charge is 0.419 e. The summed E-state index contributed by atoms with van der Waals surface area (Å²) in [4.78, 5) is 39.3. The van der Waals surface area contributed by atoms with E-state index < -0.39 is 23.6 Å². The number of imide groups is 1. The molecule has 0 aliphatic carbocycles. The summed E-state index contributed by atoms with van der Waals surface area (Å²) in [7, 11) is 0. The first kappa shape index (κ1) is 15.5. The lowest BCUT2D eigenvalue weighted by Gasteiger charge is -2.49. The van der Waals surface area contributed by atoms with Crippen LogP contribution < -0.4 is 0 Å². The van der Waals surface area contributed by atoms with E-state index >= 15 is 0 Å². The van der Waals surface area contributed by atoms with Gasteiger partial charge in [-0.3, -0.25) is 14.5 Å². The highest BCUT2D eigenvalue weighted by molar-refractivity contribution is 6.03. The summed E-state index contributed by atoms with van der Waals surface area (Å²) in [6.07, 6.45) is -0.352. The second kappa shape index (κ2) is 5.68. The van der Waals surface area contributed by atoms with E-state index in [0.717, 1.165) is 23.3 Å². The molecule has 1 aromatic rings. The van der Waals surface area contributed by atoms with Crippen molar-refractivity contribution in [3.05, 3.63) is 35.9 Å². The number of benzene rings is 1. The summed E-state index contributed by atoms with van der Waals surface area (Å²) in [6.45, 7) is 4.54. The van der Waals surface area contributed by atoms with Crippen molar-refractivity contribution in [2.75, 3.05) is 6.54 Å². The lowest BCUT2D eigenvalue weighted by Crippen LogP contribution is -2.65. The minimum atomic E-state index is -1.11. The number of amides is 3. The first-order valence-corrected chi connectivity index (χ1v) is 7.89. The Morgan fingerprint density at radius 3 is 2.35 bits per heavy atom. The van der Waals surface area contributed by atoms with Crippen molar-refractivity contribution >= 4 is 17.9 Å². The van der Waals surface area contributed by atoms with Gasteiger partial charge in [0.1, 0.15) is 0 Å². The highest BCUT2D eigenvalue weighted by Gasteiger charge is 2.57. The van der Waals surface area contributed by atoms with Gasteiger partial charge in [-0.05, 0) is 18.4 Å². The fourth-order valence-corrected chi connectivity index (χ4v) is 3.18. The number of likely N-dealkylation sites (tertiary alicyclic amines) is 1. The predicted molar refractivity (Wildman–Crippen MR) is 82.0 cm³/mol. The molecule has 0 bridgehead atoms. The lowest BCUT2D eigenvalue weighted by molar-refractivity contribution is -0.179. The Morgan fingerprint density at radius 2 is 1.78 bits per heavy atom. The SMILES string of the molecule is CCC1(CC)CN(C2OC(=O)N(Cc3ccccc3)C2=O)C1=O. The van der Waals surface area contributed by atoms with Gasteiger partial charge in [-0.1, -0.05) is 44.2 Å². The summed E-state index contributed by atoms with van der Waals surface area (Å²) in [5.74, 6) is -0.566. The minimum Gasteiger partial charge on any atom is -0.415 e. The topological polar surface area (TPSA) is 66.9 Å². The molecular weight excluding hydrogens is 296 g/mol. The molecule has 2 heterocycles. The van der Waals surface area contributed by atoms with E-state index in [1.54, 1.807) is 0 Å². The molecule has 6 heteroatoms. The molecule has 0 spiro atoms. The highest BCUT2D eigenvalue weighted by atomic mass is 16.6. The lowest BCUT2D eigenvalue weighted by atomic mass is 9.74. The second-order valence-corrected chi connectivity index (χ2v) is 6.07. The van der Waals surface area contributed by atoms with Gasteiger partial charge in [0.05, 0.1) is 12.0 Å². The third-order valence-electron chi connectivity index (χ3n) is 4.92. The maximum Gasteiger partial charge on any atom is 0.419 e. The van der Waals surface area contributed by atoms with Crippen molar-refractivity contribution in [3.63, 3.8) is 0 Å². The number of nitrogens with zero attached hydrogens (tertiary/aromatic N) is 2. The van der Waals surface area contributed by atoms with Crippen LogP contribution in [0.15, 0.2) is 30.3 Å². The van der Waals surface area contributed by atoms with Gasteiger partial charge in [0.25, 0.3) is 12.1 Å². The molecule has 1 atom stereocenters. The van der Waals surface area contributed by atoms with Gasteiger partial charge >= 0.3 is 6.09 Å². The Hall–Kier alpha value is -2.37. The number of hydrogen-bond donors (Lipinski definition) is 0. The van der Waals surface area contributed by atoms with Crippen LogP contribution >= 0.6 is 0 Å². The van der Waals surface area contributed by atoms with E-state index in [1.165, 1.54) is 4.90 Å². The number of carbonyl (C=O) groups is 3. The van der Waals surface area contributed by atoms with Gasteiger partial charge in [0, 0.05) is 6.54 Å². The first-order chi connectivity index (χ1) is 11.0. The van der Waals surface area contributed by atoms with Crippen LogP contribution in [0.25, 0.3) is 0 Å². The van der Waals surface area contributed by atoms with Crippen molar-refractivity contribution in [3.8, 4) is 0 Å². The zero-order valence-electron chi connectivity index (χ0n) is 13.3. The molecular formula is C17H20N2O4. The molecule has 1 aromatic carbocycles. The van der Waals surface area contributed by atoms with Gasteiger partial charge < -0.3 is 4.74 Å². The molecule has 0 N–H and O–H groups in total. The average molecular weight is 316 g/mol. The van der Waals surface area contributed by atoms with E-state index in [-0.39, 0.29) is 12.5 Å². The van der Waals surface area contributed by atoms with Gasteiger partial charge in [0.2, 0.25) is 5.91 Å². The van der Waals surface area contributed by atoms with Crippen LogP contribution in [-0.2, 0) is 20.9 Å². The molecule has 0 saturated carbocycles. The molecule has 23 heavy (non-hydrogen) atoms. The third kappa shape index (κ3) is 2.38. The normalized spacial score (nSPS) is 23.0. The van der Waals surface area contributed by atoms with Crippen molar-refractivity contribution in [1.82, 2.24) is 9.80 Å². The van der Waals surface area contributed by atoms with Crippen LogP contribution in [0.5, 0.6) is 0 Å². The predicted octanol–water partition coefficient (Wildman–Crippen LogP) is 2.14. The molecule has 2 fully saturated rings. The fraction of sp³-hybridized carbons (Fsp3) is 0.471. The number of hydrogen-bond acceptors (Lipinski definition) is 4. The van der Waals surface area contributed by atoms with Crippen LogP contribution in [0, 0.1) is 5.41 Å². The van der Waals surface area contributed by atoms with Crippen molar-refractivity contribution < 1.29 is 19.1 Å². The number of β-lactam (4-membered cyclic amide) rings is 1. The third-order valence-corrected chi connectivity index (χ3v) is 4.92. The summed E-state index contributed by atoms with van der Waals surface area (Å²) >= 11 is 0. The van der Waals surface area contributed by atoms with Crippen LogP contribution in [-0.4, -0.2) is 40.5 Å². The quantitative estimate of drug-likeness (QED) is 0.781. The zero-order valence-corrected chi connectivity index (χ0v) is 13.3. The minimum absolute atomic E-state index is 0.102. The molecule has 2 aliphatic rings. The molecule has 122 valence electrons. The van der Waals surface area contributed by atoms with Crippen molar-refractivity contribution in [2.45, 2.75) is 39.5 Å². The Morgan fingerprint density at radius 1 is 1.13 bits per heavy atom. The monoisotopic (exact) mass is 316 g/mol. The molecule has 3 amide bonds. The standard InChI is InChI=1S/C17H20N2O4/c1-3-17(4-2)11-19(15(17)21)14-13(20)18(16(22)23-14)10-12-8-6-5-7-9-12/h5-9,14H,3-4,10-11H2,1-2H3. The van der Waals surface area contributed by atoms with Crippen molar-refractivity contribution in [2.24, 2.45) is 5.41 Å². The molecule has 2 aliphatic heterocycles. The Bertz CT molecular complexity index is 639. The number of carbonyl (C=O) groups excluding carboxylic acids is 3. The van der Waals surface area contributed by atoms with Crippen LogP contribution in [0.3, 0.4) is 0 Å². The van der Waals surface area contributed by atoms with Crippen molar-refractivity contribution in [1.29, 1.82) is 0 Å². The zero-order chi connectivity index (χ0) is 16.6. The molecule has 0 radical (unpaired) electrons. The van der Waals surface area contributed by atoms with Crippen LogP contribution in [0.1, 0.15) is 32.3 Å². The molecule has 3 rings (SSSR count). The molecule has 6 nitrogen and oxygen atoms in total. The number of cyclic esters (lactones) is 1. The van der Waals surface area contributed by atoms with E-state index in [4.69, 9.17) is 4.74 Å². The average Bonchev–Trinajstić information content (AvgIpc) is 2.84. The van der Waals surface area contributed by atoms with Crippen LogP contribution in [0.4, 0.5) is 4.79 Å². The number of ether oxygens (including phenoxy) is 1. The summed E-state index contributed by atoms with van der Waals surface area (Å²) in [5.41, 5.74) is 0.435. The maximum atomic E-state index is 12.5. The highest BCUT2D eigenvalue weighted by Crippen LogP contribution is 2.41.